The zero-order valence-electron chi connectivity index (χ0n) is 15.2. The van der Waals surface area contributed by atoms with Gasteiger partial charge in [0.05, 0.1) is 12.1 Å². The minimum atomic E-state index is -0.668. The van der Waals surface area contributed by atoms with Gasteiger partial charge in [0.1, 0.15) is 12.6 Å². The fraction of sp³-hybridized carbons (Fsp3) is 0.842. The summed E-state index contributed by atoms with van der Waals surface area (Å²) in [6.45, 7) is 1.55. The van der Waals surface area contributed by atoms with Crippen molar-refractivity contribution in [1.82, 2.24) is 9.80 Å². The van der Waals surface area contributed by atoms with Gasteiger partial charge in [0.25, 0.3) is 0 Å². The van der Waals surface area contributed by atoms with Crippen LogP contribution in [0.25, 0.3) is 0 Å². The van der Waals surface area contributed by atoms with E-state index in [4.69, 9.17) is 0 Å². The number of carbonyl (C=O) groups is 3. The number of hydrogen-bond acceptors (Lipinski definition) is 4. The van der Waals surface area contributed by atoms with Crippen molar-refractivity contribution < 1.29 is 24.4 Å². The molecule has 4 aliphatic carbocycles. The second kappa shape index (κ2) is 5.76. The molecule has 2 heterocycles. The molecule has 26 heavy (non-hydrogen) atoms. The van der Waals surface area contributed by atoms with Gasteiger partial charge in [-0.1, -0.05) is 0 Å². The van der Waals surface area contributed by atoms with Crippen LogP contribution < -0.4 is 4.90 Å². The van der Waals surface area contributed by atoms with Crippen LogP contribution in [0.3, 0.4) is 0 Å². The van der Waals surface area contributed by atoms with E-state index in [1.165, 1.54) is 24.2 Å². The van der Waals surface area contributed by atoms with Gasteiger partial charge < -0.3 is 10.0 Å². The normalized spacial score (nSPS) is 45.1. The number of aliphatic hydroxyl groups is 1. The lowest BCUT2D eigenvalue weighted by atomic mass is 9.52. The highest BCUT2D eigenvalue weighted by Crippen LogP contribution is 2.58. The Balaban J connectivity index is 1.38. The van der Waals surface area contributed by atoms with E-state index < -0.39 is 23.4 Å². The summed E-state index contributed by atoms with van der Waals surface area (Å²) in [4.78, 5) is 42.1. The van der Waals surface area contributed by atoms with E-state index in [2.05, 4.69) is 0 Å². The zero-order chi connectivity index (χ0) is 18.1. The maximum absolute atomic E-state index is 13.1. The van der Waals surface area contributed by atoms with E-state index in [-0.39, 0.29) is 12.8 Å². The van der Waals surface area contributed by atoms with Crippen molar-refractivity contribution in [3.05, 3.63) is 0 Å². The topological polar surface area (TPSA) is 82.4 Å². The Morgan fingerprint density at radius 2 is 1.62 bits per heavy atom. The number of quaternary nitrogens is 1. The highest BCUT2D eigenvalue weighted by atomic mass is 16.3. The van der Waals surface area contributed by atoms with E-state index in [9.17, 15) is 19.5 Å². The molecule has 0 spiro atoms. The summed E-state index contributed by atoms with van der Waals surface area (Å²) in [5.74, 6) is 0.531. The van der Waals surface area contributed by atoms with Gasteiger partial charge in [0.15, 0.2) is 6.67 Å². The van der Waals surface area contributed by atoms with Crippen LogP contribution in [0.5, 0.6) is 0 Å². The molecule has 2 saturated heterocycles. The summed E-state index contributed by atoms with van der Waals surface area (Å²) in [7, 11) is 0. The number of rotatable bonds is 3. The van der Waals surface area contributed by atoms with Crippen LogP contribution in [0.15, 0.2) is 0 Å². The van der Waals surface area contributed by atoms with Gasteiger partial charge in [-0.05, 0) is 69.1 Å². The van der Waals surface area contributed by atoms with Gasteiger partial charge in [-0.25, -0.2) is 14.6 Å². The molecular formula is C19H28N3O4+. The average molecular weight is 362 g/mol. The number of carbonyl (C=O) groups excluding carboxylic acids is 3. The first-order valence-corrected chi connectivity index (χ1v) is 10.2. The van der Waals surface area contributed by atoms with Crippen molar-refractivity contribution in [2.75, 3.05) is 19.8 Å². The largest absolute Gasteiger partial charge is 0.387 e. The van der Waals surface area contributed by atoms with Gasteiger partial charge >= 0.3 is 17.8 Å². The van der Waals surface area contributed by atoms with Crippen molar-refractivity contribution in [3.63, 3.8) is 0 Å². The minimum absolute atomic E-state index is 0.198. The van der Waals surface area contributed by atoms with Crippen LogP contribution >= 0.6 is 0 Å². The summed E-state index contributed by atoms with van der Waals surface area (Å²) >= 11 is 0. The molecule has 2 N–H and O–H groups in total. The lowest BCUT2D eigenvalue weighted by Crippen LogP contribution is -3.15. The first kappa shape index (κ1) is 16.7. The van der Waals surface area contributed by atoms with Crippen LogP contribution in [0, 0.1) is 17.8 Å². The van der Waals surface area contributed by atoms with E-state index in [1.54, 1.807) is 0 Å². The number of nitrogens with one attached hydrogen (secondary N) is 1. The Morgan fingerprint density at radius 3 is 2.19 bits per heavy atom. The summed E-state index contributed by atoms with van der Waals surface area (Å²) in [5, 5.41) is 9.86. The third-order valence-electron chi connectivity index (χ3n) is 7.51. The van der Waals surface area contributed by atoms with Crippen molar-refractivity contribution in [2.45, 2.75) is 63.0 Å². The predicted molar refractivity (Wildman–Crippen MR) is 90.8 cm³/mol. The van der Waals surface area contributed by atoms with E-state index in [0.717, 1.165) is 48.4 Å². The van der Waals surface area contributed by atoms with Crippen molar-refractivity contribution in [2.24, 2.45) is 17.8 Å². The monoisotopic (exact) mass is 362 g/mol. The first-order valence-electron chi connectivity index (χ1n) is 10.2. The molecule has 1 unspecified atom stereocenters. The molecule has 4 saturated carbocycles. The number of urea groups is 1. The molecule has 2 atom stereocenters. The van der Waals surface area contributed by atoms with Crippen LogP contribution in [-0.4, -0.2) is 64.2 Å². The quantitative estimate of drug-likeness (QED) is 0.536. The van der Waals surface area contributed by atoms with Gasteiger partial charge in [-0.3, -0.25) is 9.59 Å². The van der Waals surface area contributed by atoms with Crippen LogP contribution in [0.1, 0.15) is 51.4 Å². The third-order valence-corrected chi connectivity index (χ3v) is 7.51. The van der Waals surface area contributed by atoms with Gasteiger partial charge in [0.2, 0.25) is 0 Å². The van der Waals surface area contributed by atoms with Crippen LogP contribution in [0.2, 0.25) is 0 Å². The first-order chi connectivity index (χ1) is 12.4. The van der Waals surface area contributed by atoms with Gasteiger partial charge in [0, 0.05) is 0 Å². The fourth-order valence-corrected chi connectivity index (χ4v) is 6.89. The van der Waals surface area contributed by atoms with Gasteiger partial charge in [-0.2, -0.15) is 0 Å². The van der Waals surface area contributed by atoms with E-state index in [0.29, 0.717) is 24.3 Å². The molecule has 7 nitrogen and oxygen atoms in total. The van der Waals surface area contributed by atoms with Crippen LogP contribution in [-0.2, 0) is 9.59 Å². The molecule has 4 amide bonds. The van der Waals surface area contributed by atoms with Crippen molar-refractivity contribution >= 4 is 17.8 Å². The van der Waals surface area contributed by atoms with Crippen molar-refractivity contribution in [1.29, 1.82) is 0 Å². The molecule has 2 aliphatic heterocycles. The zero-order valence-corrected chi connectivity index (χ0v) is 15.2. The predicted octanol–water partition coefficient (Wildman–Crippen LogP) is -0.257. The second-order valence-corrected chi connectivity index (χ2v) is 9.46. The summed E-state index contributed by atoms with van der Waals surface area (Å²) < 4.78 is 0. The van der Waals surface area contributed by atoms with Gasteiger partial charge in [-0.15, -0.1) is 0 Å². The summed E-state index contributed by atoms with van der Waals surface area (Å²) in [6, 6.07) is -0.408. The molecule has 6 rings (SSSR count). The number of likely N-dealkylation sites (tertiary alicyclic amines) is 1. The maximum Gasteiger partial charge on any atom is 0.339 e. The smallest absolute Gasteiger partial charge is 0.339 e. The Bertz CT molecular complexity index is 628. The maximum atomic E-state index is 13.1. The number of nitrogens with zero attached hydrogens (tertiary/aromatic N) is 2. The summed E-state index contributed by atoms with van der Waals surface area (Å²) in [5.41, 5.74) is -0.413. The second-order valence-electron chi connectivity index (χ2n) is 9.46. The Labute approximate surface area is 153 Å². The molecule has 0 aromatic rings. The molecule has 0 radical (unpaired) electrons. The Morgan fingerprint density at radius 1 is 1.00 bits per heavy atom. The SMILES string of the molecule is O=C1C(=O)N(C23CC4CC(CC(C4)C2)C3)C(=O)N1C[NH+]1CCC[C@H](O)C1. The molecule has 0 aromatic carbocycles. The minimum Gasteiger partial charge on any atom is -0.387 e. The molecule has 6 fully saturated rings. The molecule has 7 heteroatoms. The number of piperidine rings is 1. The highest BCUT2D eigenvalue weighted by molar-refractivity contribution is 6.44. The lowest BCUT2D eigenvalue weighted by molar-refractivity contribution is -0.915. The number of amides is 4. The van der Waals surface area contributed by atoms with Crippen molar-refractivity contribution in [3.8, 4) is 0 Å². The lowest BCUT2D eigenvalue weighted by Gasteiger charge is -2.58. The number of aliphatic hydroxyl groups excluding tert-OH is 1. The highest BCUT2D eigenvalue weighted by Gasteiger charge is 2.61. The van der Waals surface area contributed by atoms with E-state index >= 15 is 0 Å². The standard InChI is InChI=1S/C19H27N3O4/c23-15-2-1-3-20(10-15)11-21-16(24)17(25)22(18(21)26)19-7-12-4-13(8-19)6-14(5-12)9-19/h12-15,23H,1-11H2/p+1/t12?,13?,14?,15-,19?/m0/s1. The Hall–Kier alpha value is -1.47. The number of imide groups is 2. The molecule has 142 valence electrons. The molecule has 0 aromatic heterocycles. The molecule has 6 aliphatic rings. The third kappa shape index (κ3) is 2.43. The Kier molecular flexibility index (Phi) is 3.70. The fourth-order valence-electron chi connectivity index (χ4n) is 6.89. The summed E-state index contributed by atoms with van der Waals surface area (Å²) in [6.07, 6.45) is 7.58. The van der Waals surface area contributed by atoms with Crippen LogP contribution in [0.4, 0.5) is 4.79 Å². The number of hydrogen-bond donors (Lipinski definition) is 2. The average Bonchev–Trinajstić information content (AvgIpc) is 2.78. The molecule has 4 bridgehead atoms. The van der Waals surface area contributed by atoms with E-state index in [1.807, 2.05) is 0 Å². The molecular weight excluding hydrogens is 334 g/mol.